The molecule has 2 aromatic carbocycles. The smallest absolute Gasteiger partial charge is 0.243 e. The van der Waals surface area contributed by atoms with Gasteiger partial charge in [-0.25, -0.2) is 8.42 Å². The van der Waals surface area contributed by atoms with Gasteiger partial charge in [0.25, 0.3) is 0 Å². The molecule has 0 saturated carbocycles. The molecule has 1 fully saturated rings. The minimum Gasteiger partial charge on any atom is -0.486 e. The Balaban J connectivity index is 1.37. The van der Waals surface area contributed by atoms with Crippen LogP contribution in [-0.2, 0) is 27.8 Å². The first-order valence-corrected chi connectivity index (χ1v) is 11.7. The van der Waals surface area contributed by atoms with Gasteiger partial charge in [0, 0.05) is 19.6 Å². The van der Waals surface area contributed by atoms with Crippen LogP contribution in [0.25, 0.3) is 0 Å². The van der Waals surface area contributed by atoms with Gasteiger partial charge in [0.15, 0.2) is 11.5 Å². The molecule has 30 heavy (non-hydrogen) atoms. The fourth-order valence-corrected chi connectivity index (χ4v) is 5.30. The van der Waals surface area contributed by atoms with Gasteiger partial charge in [-0.1, -0.05) is 24.6 Å². The van der Waals surface area contributed by atoms with E-state index in [1.165, 1.54) is 0 Å². The molecular weight excluding hydrogens is 404 g/mol. The van der Waals surface area contributed by atoms with Crippen molar-refractivity contribution in [2.75, 3.05) is 26.3 Å². The number of hydrogen-bond donors (Lipinski definition) is 1. The Kier molecular flexibility index (Phi) is 6.24. The van der Waals surface area contributed by atoms with Gasteiger partial charge in [0.05, 0.1) is 11.3 Å². The molecule has 0 aromatic heterocycles. The summed E-state index contributed by atoms with van der Waals surface area (Å²) >= 11 is 0. The van der Waals surface area contributed by atoms with Crippen LogP contribution in [0.4, 0.5) is 0 Å². The molecule has 0 unspecified atom stereocenters. The Labute approximate surface area is 177 Å². The number of fused-ring (bicyclic) bond motifs is 1. The van der Waals surface area contributed by atoms with E-state index in [0.29, 0.717) is 37.8 Å². The van der Waals surface area contributed by atoms with Crippen molar-refractivity contribution in [3.8, 4) is 11.5 Å². The molecule has 2 aliphatic heterocycles. The van der Waals surface area contributed by atoms with Gasteiger partial charge in [-0.15, -0.1) is 0 Å². The van der Waals surface area contributed by atoms with Crippen LogP contribution in [-0.4, -0.2) is 44.9 Å². The van der Waals surface area contributed by atoms with Crippen molar-refractivity contribution in [2.45, 2.75) is 37.1 Å². The molecule has 0 radical (unpaired) electrons. The Hall–Kier alpha value is -2.58. The highest BCUT2D eigenvalue weighted by molar-refractivity contribution is 7.89. The van der Waals surface area contributed by atoms with Crippen LogP contribution in [0.3, 0.4) is 0 Å². The van der Waals surface area contributed by atoms with Crippen LogP contribution in [0.2, 0.25) is 0 Å². The number of benzene rings is 2. The van der Waals surface area contributed by atoms with Gasteiger partial charge < -0.3 is 14.8 Å². The Bertz CT molecular complexity index is 1020. The Morgan fingerprint density at radius 2 is 1.70 bits per heavy atom. The molecule has 2 heterocycles. The van der Waals surface area contributed by atoms with E-state index >= 15 is 0 Å². The van der Waals surface area contributed by atoms with Gasteiger partial charge in [0.2, 0.25) is 15.9 Å². The average Bonchev–Trinajstić information content (AvgIpc) is 2.78. The summed E-state index contributed by atoms with van der Waals surface area (Å²) < 4.78 is 38.3. The lowest BCUT2D eigenvalue weighted by molar-refractivity contribution is -0.120. The predicted molar refractivity (Wildman–Crippen MR) is 112 cm³/mol. The Morgan fingerprint density at radius 3 is 2.50 bits per heavy atom. The van der Waals surface area contributed by atoms with Crippen LogP contribution in [0.1, 0.15) is 30.4 Å². The summed E-state index contributed by atoms with van der Waals surface area (Å²) in [7, 11) is -3.49. The first-order chi connectivity index (χ1) is 14.5. The standard InChI is InChI=1S/C22H26N2O5S/c25-22(15-17-7-8-20-21(14-17)29-12-11-28-20)23-16-18-5-4-6-19(13-18)30(26,27)24-9-2-1-3-10-24/h4-8,13-14H,1-3,9-12,15-16H2,(H,23,25). The average molecular weight is 431 g/mol. The minimum atomic E-state index is -3.49. The number of nitrogens with one attached hydrogen (secondary N) is 1. The van der Waals surface area contributed by atoms with Gasteiger partial charge in [0.1, 0.15) is 13.2 Å². The van der Waals surface area contributed by atoms with Crippen LogP contribution in [0.5, 0.6) is 11.5 Å². The summed E-state index contributed by atoms with van der Waals surface area (Å²) in [5.41, 5.74) is 1.58. The predicted octanol–water partition coefficient (Wildman–Crippen LogP) is 2.49. The molecule has 0 aliphatic carbocycles. The Morgan fingerprint density at radius 1 is 0.933 bits per heavy atom. The number of sulfonamides is 1. The SMILES string of the molecule is O=C(Cc1ccc2c(c1)OCCO2)NCc1cccc(S(=O)(=O)N2CCCCC2)c1. The van der Waals surface area contributed by atoms with E-state index in [4.69, 9.17) is 9.47 Å². The van der Waals surface area contributed by atoms with Crippen molar-refractivity contribution >= 4 is 15.9 Å². The summed E-state index contributed by atoms with van der Waals surface area (Å²) in [6.45, 7) is 2.43. The second-order valence-corrected chi connectivity index (χ2v) is 9.48. The lowest BCUT2D eigenvalue weighted by Gasteiger charge is -2.26. The number of hydrogen-bond acceptors (Lipinski definition) is 5. The number of carbonyl (C=O) groups excluding carboxylic acids is 1. The summed E-state index contributed by atoms with van der Waals surface area (Å²) in [6, 6.07) is 12.3. The van der Waals surface area contributed by atoms with E-state index in [0.717, 1.165) is 30.4 Å². The quantitative estimate of drug-likeness (QED) is 0.761. The van der Waals surface area contributed by atoms with Crippen LogP contribution in [0, 0.1) is 0 Å². The molecule has 160 valence electrons. The van der Waals surface area contributed by atoms with Gasteiger partial charge in [-0.3, -0.25) is 4.79 Å². The molecule has 1 saturated heterocycles. The van der Waals surface area contributed by atoms with E-state index in [9.17, 15) is 13.2 Å². The number of piperidine rings is 1. The third kappa shape index (κ3) is 4.76. The van der Waals surface area contributed by atoms with E-state index < -0.39 is 10.0 Å². The maximum Gasteiger partial charge on any atom is 0.243 e. The second-order valence-electron chi connectivity index (χ2n) is 7.54. The third-order valence-corrected chi connectivity index (χ3v) is 7.21. The molecule has 7 nitrogen and oxygen atoms in total. The van der Waals surface area contributed by atoms with Crippen molar-refractivity contribution in [1.29, 1.82) is 0 Å². The van der Waals surface area contributed by atoms with Crippen molar-refractivity contribution in [3.63, 3.8) is 0 Å². The van der Waals surface area contributed by atoms with Gasteiger partial charge >= 0.3 is 0 Å². The van der Waals surface area contributed by atoms with Crippen LogP contribution < -0.4 is 14.8 Å². The highest BCUT2D eigenvalue weighted by atomic mass is 32.2. The topological polar surface area (TPSA) is 84.9 Å². The number of ether oxygens (including phenoxy) is 2. The zero-order valence-corrected chi connectivity index (χ0v) is 17.6. The zero-order valence-electron chi connectivity index (χ0n) is 16.8. The first kappa shape index (κ1) is 20.7. The fraction of sp³-hybridized carbons (Fsp3) is 0.409. The molecule has 1 N–H and O–H groups in total. The zero-order chi connectivity index (χ0) is 21.0. The molecular formula is C22H26N2O5S. The molecule has 0 spiro atoms. The summed E-state index contributed by atoms with van der Waals surface area (Å²) in [6.07, 6.45) is 3.08. The van der Waals surface area contributed by atoms with E-state index in [-0.39, 0.29) is 23.8 Å². The van der Waals surface area contributed by atoms with Crippen molar-refractivity contribution < 1.29 is 22.7 Å². The monoisotopic (exact) mass is 430 g/mol. The maximum atomic E-state index is 12.9. The van der Waals surface area contributed by atoms with Crippen molar-refractivity contribution in [3.05, 3.63) is 53.6 Å². The van der Waals surface area contributed by atoms with Crippen LogP contribution >= 0.6 is 0 Å². The lowest BCUT2D eigenvalue weighted by atomic mass is 10.1. The maximum absolute atomic E-state index is 12.9. The highest BCUT2D eigenvalue weighted by Gasteiger charge is 2.26. The van der Waals surface area contributed by atoms with Crippen LogP contribution in [0.15, 0.2) is 47.4 Å². The normalized spacial score (nSPS) is 16.8. The number of rotatable bonds is 6. The molecule has 0 atom stereocenters. The molecule has 4 rings (SSSR count). The fourth-order valence-electron chi connectivity index (χ4n) is 3.72. The van der Waals surface area contributed by atoms with Crippen molar-refractivity contribution in [2.24, 2.45) is 0 Å². The summed E-state index contributed by atoms with van der Waals surface area (Å²) in [4.78, 5) is 12.7. The molecule has 2 aliphatic rings. The van der Waals surface area contributed by atoms with Gasteiger partial charge in [-0.2, -0.15) is 4.31 Å². The third-order valence-electron chi connectivity index (χ3n) is 5.31. The number of nitrogens with zero attached hydrogens (tertiary/aromatic N) is 1. The lowest BCUT2D eigenvalue weighted by Crippen LogP contribution is -2.35. The molecule has 2 aromatic rings. The highest BCUT2D eigenvalue weighted by Crippen LogP contribution is 2.30. The van der Waals surface area contributed by atoms with Gasteiger partial charge in [-0.05, 0) is 48.2 Å². The first-order valence-electron chi connectivity index (χ1n) is 10.3. The largest absolute Gasteiger partial charge is 0.486 e. The second kappa shape index (κ2) is 9.06. The number of carbonyl (C=O) groups is 1. The van der Waals surface area contributed by atoms with Crippen molar-refractivity contribution in [1.82, 2.24) is 9.62 Å². The molecule has 1 amide bonds. The van der Waals surface area contributed by atoms with E-state index in [1.807, 2.05) is 24.3 Å². The van der Waals surface area contributed by atoms with E-state index in [2.05, 4.69) is 5.32 Å². The summed E-state index contributed by atoms with van der Waals surface area (Å²) in [5.74, 6) is 1.20. The summed E-state index contributed by atoms with van der Waals surface area (Å²) in [5, 5.41) is 2.87. The number of amides is 1. The van der Waals surface area contributed by atoms with E-state index in [1.54, 1.807) is 22.5 Å². The molecule has 8 heteroatoms. The molecule has 0 bridgehead atoms. The minimum absolute atomic E-state index is 0.143.